The Balaban J connectivity index is 1.84. The second-order valence-electron chi connectivity index (χ2n) is 7.19. The number of carbonyl (C=O) groups is 2. The van der Waals surface area contributed by atoms with Gasteiger partial charge in [-0.2, -0.15) is 5.10 Å². The topological polar surface area (TPSA) is 104 Å². The fourth-order valence-electron chi connectivity index (χ4n) is 3.81. The van der Waals surface area contributed by atoms with Gasteiger partial charge < -0.3 is 20.0 Å². The Morgan fingerprint density at radius 1 is 1.31 bits per heavy atom. The summed E-state index contributed by atoms with van der Waals surface area (Å²) in [6, 6.07) is -0.478. The van der Waals surface area contributed by atoms with Crippen LogP contribution in [0.4, 0.5) is 4.79 Å². The monoisotopic (exact) mass is 361 g/mol. The van der Waals surface area contributed by atoms with Gasteiger partial charge in [0.15, 0.2) is 5.76 Å². The summed E-state index contributed by atoms with van der Waals surface area (Å²) in [4.78, 5) is 28.1. The fourth-order valence-corrected chi connectivity index (χ4v) is 3.81. The number of carbonyl (C=O) groups excluding carboxylic acids is 2. The standard InChI is InChI=1S/C18H27N5O3/c1-11-15-13(20-21-18(19)25)5-4-6-14(15)26-16(11)17(24)23(3)12-7-9-22(2)10-8-12/h12H,4-10H2,1-3H3,(H3,19,21,25)/b20-13+. The highest BCUT2D eigenvalue weighted by Crippen LogP contribution is 2.31. The SMILES string of the molecule is Cc1c(C(=O)N(C)C2CCN(C)CC2)oc2c1/C(=N/NC(N)=O)CCC2. The molecule has 0 unspecified atom stereocenters. The highest BCUT2D eigenvalue weighted by Gasteiger charge is 2.32. The molecule has 2 heterocycles. The Morgan fingerprint density at radius 3 is 2.65 bits per heavy atom. The van der Waals surface area contributed by atoms with Gasteiger partial charge in [-0.1, -0.05) is 0 Å². The minimum absolute atomic E-state index is 0.0892. The summed E-state index contributed by atoms with van der Waals surface area (Å²) in [5.74, 6) is 1.05. The van der Waals surface area contributed by atoms with Gasteiger partial charge in [0.2, 0.25) is 0 Å². The molecule has 8 nitrogen and oxygen atoms in total. The lowest BCUT2D eigenvalue weighted by Crippen LogP contribution is -2.44. The van der Waals surface area contributed by atoms with Crippen molar-refractivity contribution >= 4 is 17.6 Å². The molecule has 1 aromatic heterocycles. The Bertz CT molecular complexity index is 731. The number of amides is 3. The summed E-state index contributed by atoms with van der Waals surface area (Å²) < 4.78 is 5.94. The van der Waals surface area contributed by atoms with Crippen molar-refractivity contribution in [1.82, 2.24) is 15.2 Å². The summed E-state index contributed by atoms with van der Waals surface area (Å²) in [6.07, 6.45) is 4.27. The van der Waals surface area contributed by atoms with Crippen LogP contribution >= 0.6 is 0 Å². The van der Waals surface area contributed by atoms with Crippen molar-refractivity contribution in [3.05, 3.63) is 22.6 Å². The highest BCUT2D eigenvalue weighted by molar-refractivity contribution is 6.06. The van der Waals surface area contributed by atoms with Gasteiger partial charge in [0.25, 0.3) is 5.91 Å². The van der Waals surface area contributed by atoms with Gasteiger partial charge in [0.1, 0.15) is 5.76 Å². The van der Waals surface area contributed by atoms with Crippen LogP contribution in [0.25, 0.3) is 0 Å². The first-order chi connectivity index (χ1) is 12.4. The van der Waals surface area contributed by atoms with Crippen molar-refractivity contribution in [3.63, 3.8) is 0 Å². The van der Waals surface area contributed by atoms with Gasteiger partial charge in [-0.25, -0.2) is 10.2 Å². The summed E-state index contributed by atoms with van der Waals surface area (Å²) >= 11 is 0. The average Bonchev–Trinajstić information content (AvgIpc) is 2.97. The van der Waals surface area contributed by atoms with Gasteiger partial charge in [-0.05, 0) is 52.7 Å². The van der Waals surface area contributed by atoms with Crippen molar-refractivity contribution in [2.24, 2.45) is 10.8 Å². The minimum Gasteiger partial charge on any atom is -0.455 e. The minimum atomic E-state index is -0.705. The zero-order chi connectivity index (χ0) is 18.8. The largest absolute Gasteiger partial charge is 0.455 e. The summed E-state index contributed by atoms with van der Waals surface area (Å²) in [7, 11) is 3.95. The van der Waals surface area contributed by atoms with E-state index in [9.17, 15) is 9.59 Å². The van der Waals surface area contributed by atoms with Crippen LogP contribution < -0.4 is 11.2 Å². The number of urea groups is 1. The molecule has 1 aliphatic heterocycles. The zero-order valence-corrected chi connectivity index (χ0v) is 15.7. The summed E-state index contributed by atoms with van der Waals surface area (Å²) in [5.41, 5.74) is 9.73. The van der Waals surface area contributed by atoms with Crippen LogP contribution in [0.2, 0.25) is 0 Å². The van der Waals surface area contributed by atoms with Crippen LogP contribution in [-0.4, -0.2) is 60.7 Å². The molecule has 142 valence electrons. The van der Waals surface area contributed by atoms with Gasteiger partial charge in [0, 0.05) is 30.6 Å². The van der Waals surface area contributed by atoms with E-state index in [2.05, 4.69) is 22.5 Å². The number of hydrazone groups is 1. The Kier molecular flexibility index (Phi) is 5.31. The predicted molar refractivity (Wildman–Crippen MR) is 98.3 cm³/mol. The van der Waals surface area contributed by atoms with Crippen LogP contribution in [-0.2, 0) is 6.42 Å². The highest BCUT2D eigenvalue weighted by atomic mass is 16.4. The number of hydrogen-bond acceptors (Lipinski definition) is 5. The molecule has 0 saturated carbocycles. The van der Waals surface area contributed by atoms with E-state index in [0.29, 0.717) is 17.9 Å². The molecule has 1 aromatic rings. The molecule has 1 saturated heterocycles. The molecule has 3 N–H and O–H groups in total. The number of furan rings is 1. The van der Waals surface area contributed by atoms with E-state index in [1.54, 1.807) is 0 Å². The third kappa shape index (κ3) is 3.60. The quantitative estimate of drug-likeness (QED) is 0.795. The first-order valence-corrected chi connectivity index (χ1v) is 9.08. The van der Waals surface area contributed by atoms with Crippen molar-refractivity contribution in [1.29, 1.82) is 0 Å². The van der Waals surface area contributed by atoms with Gasteiger partial charge in [-0.3, -0.25) is 4.79 Å². The zero-order valence-electron chi connectivity index (χ0n) is 15.7. The molecule has 26 heavy (non-hydrogen) atoms. The van der Waals surface area contributed by atoms with E-state index < -0.39 is 6.03 Å². The molecule has 3 amide bonds. The molecule has 0 spiro atoms. The number of piperidine rings is 1. The molecule has 0 bridgehead atoms. The molecule has 3 rings (SSSR count). The van der Waals surface area contributed by atoms with E-state index in [1.165, 1.54) is 0 Å². The third-order valence-electron chi connectivity index (χ3n) is 5.38. The van der Waals surface area contributed by atoms with Gasteiger partial charge in [0.05, 0.1) is 5.71 Å². The van der Waals surface area contributed by atoms with Crippen molar-refractivity contribution in [2.45, 2.75) is 45.1 Å². The maximum atomic E-state index is 13.0. The number of nitrogens with one attached hydrogen (secondary N) is 1. The molecule has 0 radical (unpaired) electrons. The van der Waals surface area contributed by atoms with E-state index in [-0.39, 0.29) is 11.9 Å². The Morgan fingerprint density at radius 2 is 2.00 bits per heavy atom. The second kappa shape index (κ2) is 7.49. The summed E-state index contributed by atoms with van der Waals surface area (Å²) in [5, 5.41) is 4.10. The van der Waals surface area contributed by atoms with Crippen LogP contribution in [0.1, 0.15) is 53.1 Å². The van der Waals surface area contributed by atoms with Gasteiger partial charge >= 0.3 is 6.03 Å². The molecule has 1 fully saturated rings. The first kappa shape index (κ1) is 18.4. The van der Waals surface area contributed by atoms with E-state index in [1.807, 2.05) is 18.9 Å². The number of hydrogen-bond donors (Lipinski definition) is 2. The molecular weight excluding hydrogens is 334 g/mol. The van der Waals surface area contributed by atoms with Crippen LogP contribution in [0, 0.1) is 6.92 Å². The lowest BCUT2D eigenvalue weighted by Gasteiger charge is -2.34. The average molecular weight is 361 g/mol. The van der Waals surface area contributed by atoms with Crippen LogP contribution in [0.3, 0.4) is 0 Å². The number of rotatable bonds is 3. The molecule has 0 aromatic carbocycles. The number of fused-ring (bicyclic) bond motifs is 1. The second-order valence-corrected chi connectivity index (χ2v) is 7.19. The first-order valence-electron chi connectivity index (χ1n) is 9.08. The van der Waals surface area contributed by atoms with Crippen LogP contribution in [0.15, 0.2) is 9.52 Å². The van der Waals surface area contributed by atoms with Crippen LogP contribution in [0.5, 0.6) is 0 Å². The number of aryl methyl sites for hydroxylation is 1. The fraction of sp³-hybridized carbons (Fsp3) is 0.611. The smallest absolute Gasteiger partial charge is 0.332 e. The number of primary amides is 1. The van der Waals surface area contributed by atoms with Crippen molar-refractivity contribution in [3.8, 4) is 0 Å². The molecular formula is C18H27N5O3. The maximum Gasteiger partial charge on any atom is 0.332 e. The number of likely N-dealkylation sites (tertiary alicyclic amines) is 1. The predicted octanol–water partition coefficient (Wildman–Crippen LogP) is 1.46. The normalized spacial score (nSPS) is 20.0. The summed E-state index contributed by atoms with van der Waals surface area (Å²) in [6.45, 7) is 3.86. The van der Waals surface area contributed by atoms with E-state index >= 15 is 0 Å². The third-order valence-corrected chi connectivity index (χ3v) is 5.38. The Labute approximate surface area is 153 Å². The number of nitrogens with two attached hydrogens (primary N) is 1. The Hall–Kier alpha value is -2.35. The van der Waals surface area contributed by atoms with Crippen molar-refractivity contribution in [2.75, 3.05) is 27.2 Å². The molecule has 2 aliphatic rings. The van der Waals surface area contributed by atoms with E-state index in [0.717, 1.165) is 55.7 Å². The molecule has 1 aliphatic carbocycles. The molecule has 8 heteroatoms. The maximum absolute atomic E-state index is 13.0. The van der Waals surface area contributed by atoms with E-state index in [4.69, 9.17) is 10.2 Å². The van der Waals surface area contributed by atoms with Gasteiger partial charge in [-0.15, -0.1) is 0 Å². The molecule has 0 atom stereocenters. The van der Waals surface area contributed by atoms with Crippen molar-refractivity contribution < 1.29 is 14.0 Å². The number of nitrogens with zero attached hydrogens (tertiary/aromatic N) is 3. The lowest BCUT2D eigenvalue weighted by atomic mass is 9.93. The lowest BCUT2D eigenvalue weighted by molar-refractivity contribution is 0.0625.